The average Bonchev–Trinajstić information content (AvgIpc) is 3.04. The highest BCUT2D eigenvalue weighted by Crippen LogP contribution is 2.24. The molecule has 1 aliphatic rings. The fourth-order valence-corrected chi connectivity index (χ4v) is 2.88. The van der Waals surface area contributed by atoms with Crippen LogP contribution in [-0.4, -0.2) is 41.1 Å². The summed E-state index contributed by atoms with van der Waals surface area (Å²) in [5.41, 5.74) is 1.21. The van der Waals surface area contributed by atoms with Gasteiger partial charge in [-0.3, -0.25) is 4.98 Å². The third kappa shape index (κ3) is 3.51. The Bertz CT molecular complexity index is 588. The predicted molar refractivity (Wildman–Crippen MR) is 87.9 cm³/mol. The minimum absolute atomic E-state index is 0.483. The van der Waals surface area contributed by atoms with Crippen LogP contribution in [-0.2, 0) is 6.54 Å². The molecule has 2 aromatic heterocycles. The van der Waals surface area contributed by atoms with Gasteiger partial charge >= 0.3 is 0 Å². The summed E-state index contributed by atoms with van der Waals surface area (Å²) in [5, 5.41) is 6.60. The highest BCUT2D eigenvalue weighted by Gasteiger charge is 2.25. The number of anilines is 2. The summed E-state index contributed by atoms with van der Waals surface area (Å²) in [6, 6.07) is 6.56. The first-order valence-corrected chi connectivity index (χ1v) is 7.73. The average molecular weight is 298 g/mol. The van der Waals surface area contributed by atoms with Gasteiger partial charge in [0.25, 0.3) is 0 Å². The Morgan fingerprint density at radius 1 is 1.36 bits per heavy atom. The van der Waals surface area contributed by atoms with E-state index in [0.29, 0.717) is 6.04 Å². The monoisotopic (exact) mass is 298 g/mol. The maximum absolute atomic E-state index is 4.42. The van der Waals surface area contributed by atoms with Crippen molar-refractivity contribution in [1.29, 1.82) is 0 Å². The van der Waals surface area contributed by atoms with Crippen molar-refractivity contribution in [3.63, 3.8) is 0 Å². The summed E-state index contributed by atoms with van der Waals surface area (Å²) < 4.78 is 0. The number of hydrogen-bond acceptors (Lipinski definition) is 6. The van der Waals surface area contributed by atoms with Gasteiger partial charge < -0.3 is 15.5 Å². The van der Waals surface area contributed by atoms with E-state index in [1.54, 1.807) is 12.5 Å². The van der Waals surface area contributed by atoms with Gasteiger partial charge in [0, 0.05) is 51.2 Å². The fourth-order valence-electron chi connectivity index (χ4n) is 2.88. The van der Waals surface area contributed by atoms with E-state index >= 15 is 0 Å². The Hall–Kier alpha value is -2.21. The van der Waals surface area contributed by atoms with Crippen LogP contribution < -0.4 is 15.5 Å². The number of hydrogen-bond donors (Lipinski definition) is 2. The van der Waals surface area contributed by atoms with Crippen molar-refractivity contribution in [2.75, 3.05) is 30.4 Å². The first kappa shape index (κ1) is 14.7. The second-order valence-corrected chi connectivity index (χ2v) is 5.49. The SMILES string of the molecule is CNc1cc(N2CCC[C@@H]2CNCc2cccnc2)ncn1. The zero-order valence-corrected chi connectivity index (χ0v) is 12.9. The van der Waals surface area contributed by atoms with E-state index in [0.717, 1.165) is 31.3 Å². The maximum atomic E-state index is 4.42. The van der Waals surface area contributed by atoms with Gasteiger partial charge in [-0.15, -0.1) is 0 Å². The van der Waals surface area contributed by atoms with Crippen LogP contribution in [0.15, 0.2) is 36.9 Å². The van der Waals surface area contributed by atoms with Crippen molar-refractivity contribution in [2.45, 2.75) is 25.4 Å². The van der Waals surface area contributed by atoms with Gasteiger partial charge in [-0.05, 0) is 24.5 Å². The largest absolute Gasteiger partial charge is 0.373 e. The van der Waals surface area contributed by atoms with Gasteiger partial charge in [0.05, 0.1) is 0 Å². The van der Waals surface area contributed by atoms with Gasteiger partial charge in [-0.2, -0.15) is 0 Å². The normalized spacial score (nSPS) is 17.7. The van der Waals surface area contributed by atoms with E-state index in [-0.39, 0.29) is 0 Å². The van der Waals surface area contributed by atoms with Gasteiger partial charge in [-0.1, -0.05) is 6.07 Å². The molecule has 1 aliphatic heterocycles. The van der Waals surface area contributed by atoms with Gasteiger partial charge in [0.1, 0.15) is 18.0 Å². The summed E-state index contributed by atoms with van der Waals surface area (Å²) in [6.45, 7) is 2.86. The molecule has 116 valence electrons. The van der Waals surface area contributed by atoms with Crippen molar-refractivity contribution >= 4 is 11.6 Å². The van der Waals surface area contributed by atoms with Gasteiger partial charge in [-0.25, -0.2) is 9.97 Å². The minimum Gasteiger partial charge on any atom is -0.373 e. The molecule has 0 spiro atoms. The minimum atomic E-state index is 0.483. The molecule has 0 bridgehead atoms. The first-order valence-electron chi connectivity index (χ1n) is 7.73. The number of nitrogens with zero attached hydrogens (tertiary/aromatic N) is 4. The van der Waals surface area contributed by atoms with Crippen LogP contribution in [0.25, 0.3) is 0 Å². The van der Waals surface area contributed by atoms with E-state index < -0.39 is 0 Å². The van der Waals surface area contributed by atoms with E-state index in [1.807, 2.05) is 25.4 Å². The number of pyridine rings is 1. The number of nitrogens with one attached hydrogen (secondary N) is 2. The molecule has 0 aromatic carbocycles. The molecule has 6 heteroatoms. The lowest BCUT2D eigenvalue weighted by molar-refractivity contribution is 0.570. The van der Waals surface area contributed by atoms with Crippen molar-refractivity contribution in [3.8, 4) is 0 Å². The van der Waals surface area contributed by atoms with Crippen LogP contribution in [0.5, 0.6) is 0 Å². The smallest absolute Gasteiger partial charge is 0.134 e. The predicted octanol–water partition coefficient (Wildman–Crippen LogP) is 1.67. The van der Waals surface area contributed by atoms with Crippen LogP contribution in [0.2, 0.25) is 0 Å². The first-order chi connectivity index (χ1) is 10.9. The summed E-state index contributed by atoms with van der Waals surface area (Å²) in [5.74, 6) is 1.86. The van der Waals surface area contributed by atoms with Crippen molar-refractivity contribution < 1.29 is 0 Å². The fraction of sp³-hybridized carbons (Fsp3) is 0.438. The Balaban J connectivity index is 1.58. The lowest BCUT2D eigenvalue weighted by Gasteiger charge is -2.26. The lowest BCUT2D eigenvalue weighted by Crippen LogP contribution is -2.38. The van der Waals surface area contributed by atoms with Crippen molar-refractivity contribution in [3.05, 3.63) is 42.5 Å². The molecule has 1 saturated heterocycles. The molecule has 6 nitrogen and oxygen atoms in total. The summed E-state index contributed by atoms with van der Waals surface area (Å²) in [6.07, 6.45) is 7.73. The number of aromatic nitrogens is 3. The molecule has 1 fully saturated rings. The van der Waals surface area contributed by atoms with Crippen LogP contribution in [0.4, 0.5) is 11.6 Å². The second-order valence-electron chi connectivity index (χ2n) is 5.49. The van der Waals surface area contributed by atoms with E-state index in [9.17, 15) is 0 Å². The molecular weight excluding hydrogens is 276 g/mol. The maximum Gasteiger partial charge on any atom is 0.134 e. The van der Waals surface area contributed by atoms with Crippen LogP contribution in [0.3, 0.4) is 0 Å². The molecule has 1 atom stereocenters. The van der Waals surface area contributed by atoms with E-state index in [2.05, 4.69) is 36.6 Å². The molecule has 0 unspecified atom stereocenters. The molecule has 3 heterocycles. The Morgan fingerprint density at radius 3 is 3.14 bits per heavy atom. The Labute approximate surface area is 131 Å². The highest BCUT2D eigenvalue weighted by atomic mass is 15.2. The second kappa shape index (κ2) is 7.17. The molecule has 0 aliphatic carbocycles. The zero-order chi connectivity index (χ0) is 15.2. The van der Waals surface area contributed by atoms with Gasteiger partial charge in [0.2, 0.25) is 0 Å². The molecule has 2 N–H and O–H groups in total. The number of rotatable bonds is 6. The third-order valence-electron chi connectivity index (χ3n) is 4.01. The Kier molecular flexibility index (Phi) is 4.80. The summed E-state index contributed by atoms with van der Waals surface area (Å²) >= 11 is 0. The Morgan fingerprint density at radius 2 is 2.32 bits per heavy atom. The molecule has 22 heavy (non-hydrogen) atoms. The molecule has 0 radical (unpaired) electrons. The van der Waals surface area contributed by atoms with Crippen LogP contribution in [0, 0.1) is 0 Å². The summed E-state index contributed by atoms with van der Waals surface area (Å²) in [7, 11) is 1.88. The van der Waals surface area contributed by atoms with Crippen molar-refractivity contribution in [1.82, 2.24) is 20.3 Å². The highest BCUT2D eigenvalue weighted by molar-refractivity contribution is 5.49. The third-order valence-corrected chi connectivity index (χ3v) is 4.01. The standard InChI is InChI=1S/C16H22N6/c1-17-15-8-16(21-12-20-15)22-7-3-5-14(22)11-19-10-13-4-2-6-18-9-13/h2,4,6,8-9,12,14,19H,3,5,7,10-11H2,1H3,(H,17,20,21)/t14-/m1/s1. The molecule has 0 amide bonds. The van der Waals surface area contributed by atoms with Crippen LogP contribution >= 0.6 is 0 Å². The lowest BCUT2D eigenvalue weighted by atomic mass is 10.2. The molecule has 2 aromatic rings. The van der Waals surface area contributed by atoms with Gasteiger partial charge in [0.15, 0.2) is 0 Å². The topological polar surface area (TPSA) is 66.0 Å². The zero-order valence-electron chi connectivity index (χ0n) is 12.9. The van der Waals surface area contributed by atoms with E-state index in [4.69, 9.17) is 0 Å². The molecule has 3 rings (SSSR count). The quantitative estimate of drug-likeness (QED) is 0.846. The molecular formula is C16H22N6. The van der Waals surface area contributed by atoms with Crippen molar-refractivity contribution in [2.24, 2.45) is 0 Å². The molecule has 0 saturated carbocycles. The van der Waals surface area contributed by atoms with Crippen LogP contribution in [0.1, 0.15) is 18.4 Å². The summed E-state index contributed by atoms with van der Waals surface area (Å²) in [4.78, 5) is 15.1. The van der Waals surface area contributed by atoms with E-state index in [1.165, 1.54) is 18.4 Å².